The largest absolute Gasteiger partial charge is 0.376 e. The maximum atomic E-state index is 12.5. The van der Waals surface area contributed by atoms with Crippen LogP contribution in [0.3, 0.4) is 0 Å². The van der Waals surface area contributed by atoms with Crippen molar-refractivity contribution in [2.45, 2.75) is 32.4 Å². The number of amides is 1. The van der Waals surface area contributed by atoms with E-state index in [1.165, 1.54) is 6.20 Å². The number of nitrogens with one attached hydrogen (secondary N) is 2. The number of ether oxygens (including phenoxy) is 1. The topological polar surface area (TPSA) is 119 Å². The molecule has 1 aliphatic rings. The molecule has 24 heavy (non-hydrogen) atoms. The van der Waals surface area contributed by atoms with Gasteiger partial charge in [-0.05, 0) is 25.8 Å². The molecular formula is C15H17N5O4. The molecule has 126 valence electrons. The molecule has 9 nitrogen and oxygen atoms in total. The van der Waals surface area contributed by atoms with E-state index in [1.54, 1.807) is 13.0 Å². The summed E-state index contributed by atoms with van der Waals surface area (Å²) in [4.78, 5) is 47.0. The number of H-pyrrole nitrogens is 1. The van der Waals surface area contributed by atoms with Gasteiger partial charge in [-0.3, -0.25) is 19.5 Å². The monoisotopic (exact) mass is 331 g/mol. The first-order chi connectivity index (χ1) is 11.5. The first-order valence-electron chi connectivity index (χ1n) is 7.60. The fourth-order valence-electron chi connectivity index (χ4n) is 2.51. The van der Waals surface area contributed by atoms with Gasteiger partial charge in [-0.25, -0.2) is 14.8 Å². The number of carbonyl (C=O) groups is 1. The van der Waals surface area contributed by atoms with Crippen LogP contribution in [0.5, 0.6) is 0 Å². The molecule has 2 N–H and O–H groups in total. The lowest BCUT2D eigenvalue weighted by Crippen LogP contribution is -2.41. The Balaban J connectivity index is 1.86. The van der Waals surface area contributed by atoms with Crippen LogP contribution in [0.1, 0.15) is 28.9 Å². The van der Waals surface area contributed by atoms with Gasteiger partial charge in [0.15, 0.2) is 0 Å². The first-order valence-corrected chi connectivity index (χ1v) is 7.60. The number of hydrogen-bond donors (Lipinski definition) is 2. The highest BCUT2D eigenvalue weighted by Crippen LogP contribution is 2.12. The summed E-state index contributed by atoms with van der Waals surface area (Å²) in [6, 6.07) is 1.68. The van der Waals surface area contributed by atoms with Gasteiger partial charge in [0.2, 0.25) is 5.95 Å². The highest BCUT2D eigenvalue weighted by Gasteiger charge is 2.21. The molecule has 9 heteroatoms. The Labute approximate surface area is 136 Å². The molecule has 1 unspecified atom stereocenters. The average molecular weight is 331 g/mol. The number of aromatic amines is 1. The van der Waals surface area contributed by atoms with Crippen LogP contribution in [-0.4, -0.2) is 38.1 Å². The summed E-state index contributed by atoms with van der Waals surface area (Å²) in [7, 11) is 0. The van der Waals surface area contributed by atoms with Crippen molar-refractivity contribution in [3.63, 3.8) is 0 Å². The molecule has 2 aromatic rings. The second-order valence-corrected chi connectivity index (χ2v) is 5.53. The summed E-state index contributed by atoms with van der Waals surface area (Å²) in [5.41, 5.74) is -0.742. The quantitative estimate of drug-likeness (QED) is 0.818. The Morgan fingerprint density at radius 1 is 1.50 bits per heavy atom. The summed E-state index contributed by atoms with van der Waals surface area (Å²) in [6.07, 6.45) is 4.08. The van der Waals surface area contributed by atoms with Crippen molar-refractivity contribution in [2.24, 2.45) is 0 Å². The summed E-state index contributed by atoms with van der Waals surface area (Å²) in [5.74, 6) is -0.584. The molecule has 1 amide bonds. The number of nitrogens with zero attached hydrogens (tertiary/aromatic N) is 3. The van der Waals surface area contributed by atoms with Gasteiger partial charge >= 0.3 is 5.69 Å². The molecule has 2 aromatic heterocycles. The Hall–Kier alpha value is -2.81. The summed E-state index contributed by atoms with van der Waals surface area (Å²) < 4.78 is 6.43. The Morgan fingerprint density at radius 2 is 2.33 bits per heavy atom. The van der Waals surface area contributed by atoms with E-state index in [0.717, 1.165) is 23.6 Å². The fourth-order valence-corrected chi connectivity index (χ4v) is 2.51. The predicted octanol–water partition coefficient (Wildman–Crippen LogP) is 0.0663. The third-order valence-corrected chi connectivity index (χ3v) is 3.74. The first kappa shape index (κ1) is 16.1. The third-order valence-electron chi connectivity index (χ3n) is 3.74. The maximum Gasteiger partial charge on any atom is 0.328 e. The minimum atomic E-state index is -0.678. The molecule has 3 rings (SSSR count). The van der Waals surface area contributed by atoms with E-state index in [0.29, 0.717) is 12.3 Å². The molecule has 0 radical (unpaired) electrons. The van der Waals surface area contributed by atoms with Crippen molar-refractivity contribution in [1.29, 1.82) is 0 Å². The zero-order valence-electron chi connectivity index (χ0n) is 13.1. The van der Waals surface area contributed by atoms with Gasteiger partial charge in [-0.2, -0.15) is 0 Å². The van der Waals surface area contributed by atoms with Crippen molar-refractivity contribution in [3.05, 3.63) is 50.6 Å². The van der Waals surface area contributed by atoms with Crippen LogP contribution in [0.2, 0.25) is 0 Å². The summed E-state index contributed by atoms with van der Waals surface area (Å²) in [6.45, 7) is 2.49. The normalized spacial score (nSPS) is 17.0. The highest BCUT2D eigenvalue weighted by atomic mass is 16.5. The van der Waals surface area contributed by atoms with Gasteiger partial charge in [0, 0.05) is 24.7 Å². The van der Waals surface area contributed by atoms with Crippen molar-refractivity contribution in [1.82, 2.24) is 19.5 Å². The number of aromatic nitrogens is 4. The average Bonchev–Trinajstić information content (AvgIpc) is 3.04. The lowest BCUT2D eigenvalue weighted by molar-refractivity contribution is 0.0941. The van der Waals surface area contributed by atoms with E-state index in [1.807, 2.05) is 0 Å². The molecular weight excluding hydrogens is 314 g/mol. The second kappa shape index (κ2) is 6.75. The van der Waals surface area contributed by atoms with E-state index >= 15 is 0 Å². The molecule has 0 bridgehead atoms. The van der Waals surface area contributed by atoms with Crippen molar-refractivity contribution >= 4 is 11.9 Å². The minimum absolute atomic E-state index is 0.0938. The molecule has 3 heterocycles. The minimum Gasteiger partial charge on any atom is -0.376 e. The van der Waals surface area contributed by atoms with Gasteiger partial charge in [0.1, 0.15) is 5.56 Å². The van der Waals surface area contributed by atoms with E-state index in [-0.39, 0.29) is 24.2 Å². The Kier molecular flexibility index (Phi) is 4.52. The van der Waals surface area contributed by atoms with Crippen LogP contribution in [0.25, 0.3) is 0 Å². The van der Waals surface area contributed by atoms with E-state index in [4.69, 9.17) is 4.74 Å². The molecule has 0 spiro atoms. The van der Waals surface area contributed by atoms with Gasteiger partial charge in [-0.15, -0.1) is 0 Å². The number of rotatable bonds is 4. The molecule has 0 aliphatic carbocycles. The smallest absolute Gasteiger partial charge is 0.328 e. The Bertz CT molecular complexity index is 867. The zero-order valence-corrected chi connectivity index (χ0v) is 13.1. The van der Waals surface area contributed by atoms with Crippen LogP contribution in [0.15, 0.2) is 28.0 Å². The van der Waals surface area contributed by atoms with Crippen molar-refractivity contribution < 1.29 is 9.53 Å². The molecule has 1 atom stereocenters. The highest BCUT2D eigenvalue weighted by molar-refractivity contribution is 6.02. The van der Waals surface area contributed by atoms with Gasteiger partial charge in [0.25, 0.3) is 11.5 Å². The van der Waals surface area contributed by atoms with Crippen LogP contribution in [-0.2, 0) is 11.3 Å². The number of aryl methyl sites for hydroxylation is 1. The lowest BCUT2D eigenvalue weighted by atomic mass is 10.2. The van der Waals surface area contributed by atoms with E-state index in [2.05, 4.69) is 20.3 Å². The SMILES string of the molecule is Cc1ccnc(NC(=O)c2c[nH]c(=O)n(CC3CCCO3)c2=O)n1. The van der Waals surface area contributed by atoms with Crippen molar-refractivity contribution in [3.8, 4) is 0 Å². The molecule has 0 aromatic carbocycles. The Morgan fingerprint density at radius 3 is 3.04 bits per heavy atom. The molecule has 1 saturated heterocycles. The van der Waals surface area contributed by atoms with Gasteiger partial charge in [0.05, 0.1) is 12.6 Å². The van der Waals surface area contributed by atoms with Crippen LogP contribution < -0.4 is 16.6 Å². The second-order valence-electron chi connectivity index (χ2n) is 5.53. The van der Waals surface area contributed by atoms with E-state index in [9.17, 15) is 14.4 Å². The maximum absolute atomic E-state index is 12.5. The zero-order chi connectivity index (χ0) is 17.1. The third kappa shape index (κ3) is 3.40. The number of carbonyl (C=O) groups excluding carboxylic acids is 1. The van der Waals surface area contributed by atoms with Crippen LogP contribution in [0.4, 0.5) is 5.95 Å². The predicted molar refractivity (Wildman–Crippen MR) is 85.0 cm³/mol. The van der Waals surface area contributed by atoms with Gasteiger partial charge < -0.3 is 9.72 Å². The summed E-state index contributed by atoms with van der Waals surface area (Å²) >= 11 is 0. The van der Waals surface area contributed by atoms with Crippen LogP contribution in [0, 0.1) is 6.92 Å². The molecule has 0 saturated carbocycles. The standard InChI is InChI=1S/C15H17N5O4/c1-9-4-5-16-14(18-9)19-12(21)11-7-17-15(23)20(13(11)22)8-10-3-2-6-24-10/h4-5,7,10H,2-3,6,8H2,1H3,(H,17,23)(H,16,18,19,21). The van der Waals surface area contributed by atoms with E-state index < -0.39 is 17.2 Å². The molecule has 1 aliphatic heterocycles. The molecule has 1 fully saturated rings. The van der Waals surface area contributed by atoms with Gasteiger partial charge in [-0.1, -0.05) is 0 Å². The van der Waals surface area contributed by atoms with Crippen molar-refractivity contribution in [2.75, 3.05) is 11.9 Å². The van der Waals surface area contributed by atoms with Crippen LogP contribution >= 0.6 is 0 Å². The lowest BCUT2D eigenvalue weighted by Gasteiger charge is -2.11. The fraction of sp³-hybridized carbons (Fsp3) is 0.400. The summed E-state index contributed by atoms with van der Waals surface area (Å²) in [5, 5.41) is 2.45. The number of anilines is 1. The number of hydrogen-bond acceptors (Lipinski definition) is 6.